The van der Waals surface area contributed by atoms with Gasteiger partial charge in [0.25, 0.3) is 0 Å². The molecule has 4 aromatic rings. The van der Waals surface area contributed by atoms with E-state index in [1.54, 1.807) is 7.11 Å². The Morgan fingerprint density at radius 1 is 1.11 bits per heavy atom. The van der Waals surface area contributed by atoms with Crippen molar-refractivity contribution in [2.24, 2.45) is 14.1 Å². The van der Waals surface area contributed by atoms with Gasteiger partial charge in [0.15, 0.2) is 5.16 Å². The Morgan fingerprint density at radius 2 is 1.89 bits per heavy atom. The molecule has 1 N–H and O–H groups in total. The maximum atomic E-state index is 12.7. The second-order valence-corrected chi connectivity index (χ2v) is 9.48. The summed E-state index contributed by atoms with van der Waals surface area (Å²) in [7, 11) is 6.78. The van der Waals surface area contributed by atoms with Gasteiger partial charge in [-0.25, -0.2) is 4.79 Å². The number of esters is 1. The molecule has 0 aliphatic carbocycles. The molecular formula is C24H25N5O4S2. The minimum Gasteiger partial charge on any atom is -0.497 e. The summed E-state index contributed by atoms with van der Waals surface area (Å²) < 4.78 is 14.1. The van der Waals surface area contributed by atoms with Crippen molar-refractivity contribution < 1.29 is 19.1 Å². The third-order valence-corrected chi connectivity index (χ3v) is 7.40. The van der Waals surface area contributed by atoms with E-state index in [1.165, 1.54) is 30.2 Å². The second kappa shape index (κ2) is 10.8. The van der Waals surface area contributed by atoms with Gasteiger partial charge in [-0.3, -0.25) is 4.79 Å². The van der Waals surface area contributed by atoms with Gasteiger partial charge in [-0.1, -0.05) is 23.9 Å². The lowest BCUT2D eigenvalue weighted by Crippen LogP contribution is -2.16. The number of thiophene rings is 1. The first kappa shape index (κ1) is 24.6. The van der Waals surface area contributed by atoms with Crippen molar-refractivity contribution in [3.63, 3.8) is 0 Å². The summed E-state index contributed by atoms with van der Waals surface area (Å²) in [6.45, 7) is 0. The number of amides is 1. The maximum Gasteiger partial charge on any atom is 0.341 e. The first-order valence-electron chi connectivity index (χ1n) is 10.7. The number of methoxy groups -OCH3 is 2. The zero-order valence-electron chi connectivity index (χ0n) is 19.8. The van der Waals surface area contributed by atoms with Crippen molar-refractivity contribution in [3.8, 4) is 16.9 Å². The second-order valence-electron chi connectivity index (χ2n) is 7.66. The Kier molecular flexibility index (Phi) is 7.57. The number of hydrogen-bond acceptors (Lipinski definition) is 8. The molecule has 1 amide bonds. The highest BCUT2D eigenvalue weighted by Crippen LogP contribution is 2.37. The van der Waals surface area contributed by atoms with E-state index in [4.69, 9.17) is 9.47 Å². The van der Waals surface area contributed by atoms with Crippen LogP contribution in [0.2, 0.25) is 0 Å². The Morgan fingerprint density at radius 3 is 2.54 bits per heavy atom. The van der Waals surface area contributed by atoms with Crippen LogP contribution in [-0.2, 0) is 30.0 Å². The molecule has 11 heteroatoms. The average Bonchev–Trinajstić information content (AvgIpc) is 3.57. The Bertz CT molecular complexity index is 1340. The monoisotopic (exact) mass is 511 g/mol. The zero-order valence-corrected chi connectivity index (χ0v) is 21.4. The number of carbonyl (C=O) groups excluding carboxylic acids is 2. The quantitative estimate of drug-likeness (QED) is 0.268. The predicted octanol–water partition coefficient (Wildman–Crippen LogP) is 4.00. The lowest BCUT2D eigenvalue weighted by atomic mass is 10.0. The highest BCUT2D eigenvalue weighted by molar-refractivity contribution is 7.99. The molecule has 0 spiro atoms. The van der Waals surface area contributed by atoms with E-state index < -0.39 is 5.97 Å². The normalized spacial score (nSPS) is 10.9. The lowest BCUT2D eigenvalue weighted by molar-refractivity contribution is -0.113. The molecule has 0 atom stereocenters. The van der Waals surface area contributed by atoms with Crippen LogP contribution in [0.5, 0.6) is 5.75 Å². The van der Waals surface area contributed by atoms with Gasteiger partial charge in [0.05, 0.1) is 20.0 Å². The number of aryl methyl sites for hydroxylation is 1. The van der Waals surface area contributed by atoms with Crippen molar-refractivity contribution in [2.75, 3.05) is 25.3 Å². The van der Waals surface area contributed by atoms with Gasteiger partial charge in [-0.05, 0) is 29.8 Å². The predicted molar refractivity (Wildman–Crippen MR) is 136 cm³/mol. The molecule has 9 nitrogen and oxygen atoms in total. The highest BCUT2D eigenvalue weighted by atomic mass is 32.2. The number of anilines is 1. The van der Waals surface area contributed by atoms with Crippen LogP contribution in [0.4, 0.5) is 5.00 Å². The molecule has 0 aliphatic rings. The van der Waals surface area contributed by atoms with Crippen molar-refractivity contribution in [1.29, 1.82) is 0 Å². The van der Waals surface area contributed by atoms with E-state index in [0.717, 1.165) is 17.1 Å². The van der Waals surface area contributed by atoms with Crippen molar-refractivity contribution in [3.05, 3.63) is 65.1 Å². The van der Waals surface area contributed by atoms with E-state index in [-0.39, 0.29) is 11.7 Å². The fourth-order valence-electron chi connectivity index (χ4n) is 3.50. The average molecular weight is 512 g/mol. The third-order valence-electron chi connectivity index (χ3n) is 5.48. The number of thioether (sulfide) groups is 1. The minimum absolute atomic E-state index is 0.118. The van der Waals surface area contributed by atoms with Crippen molar-refractivity contribution in [1.82, 2.24) is 19.3 Å². The Labute approximate surface area is 211 Å². The number of carbonyl (C=O) groups is 2. The van der Waals surface area contributed by atoms with Crippen LogP contribution in [0.25, 0.3) is 11.1 Å². The molecule has 0 saturated heterocycles. The van der Waals surface area contributed by atoms with E-state index in [0.29, 0.717) is 33.5 Å². The van der Waals surface area contributed by atoms with Crippen LogP contribution in [-0.4, -0.2) is 51.2 Å². The fraction of sp³-hybridized carbons (Fsp3) is 0.250. The minimum atomic E-state index is -0.515. The third kappa shape index (κ3) is 5.41. The Balaban J connectivity index is 1.45. The molecule has 0 bridgehead atoms. The summed E-state index contributed by atoms with van der Waals surface area (Å²) in [6.07, 6.45) is 2.63. The molecule has 0 radical (unpaired) electrons. The molecule has 182 valence electrons. The summed E-state index contributed by atoms with van der Waals surface area (Å²) in [5.41, 5.74) is 2.95. The molecule has 3 aromatic heterocycles. The molecule has 4 rings (SSSR count). The summed E-state index contributed by atoms with van der Waals surface area (Å²) >= 11 is 2.56. The largest absolute Gasteiger partial charge is 0.497 e. The fourth-order valence-corrected chi connectivity index (χ4v) is 5.20. The van der Waals surface area contributed by atoms with Gasteiger partial charge in [0.1, 0.15) is 22.1 Å². The van der Waals surface area contributed by atoms with Gasteiger partial charge in [0, 0.05) is 43.4 Å². The molecule has 0 saturated carbocycles. The van der Waals surface area contributed by atoms with Crippen molar-refractivity contribution >= 4 is 40.0 Å². The smallest absolute Gasteiger partial charge is 0.341 e. The van der Waals surface area contributed by atoms with E-state index in [1.807, 2.05) is 71.2 Å². The van der Waals surface area contributed by atoms with E-state index >= 15 is 0 Å². The zero-order chi connectivity index (χ0) is 24.9. The number of ether oxygens (including phenoxy) is 2. The molecule has 0 fully saturated rings. The number of benzene rings is 1. The van der Waals surface area contributed by atoms with Gasteiger partial charge < -0.3 is 23.9 Å². The first-order chi connectivity index (χ1) is 16.9. The van der Waals surface area contributed by atoms with E-state index in [2.05, 4.69) is 15.5 Å². The molecule has 1 aromatic carbocycles. The molecule has 3 heterocycles. The van der Waals surface area contributed by atoms with Gasteiger partial charge in [0.2, 0.25) is 5.91 Å². The Hall–Kier alpha value is -3.57. The summed E-state index contributed by atoms with van der Waals surface area (Å²) in [4.78, 5) is 25.3. The van der Waals surface area contributed by atoms with Crippen LogP contribution in [0.3, 0.4) is 0 Å². The molecule has 0 unspecified atom stereocenters. The molecular weight excluding hydrogens is 486 g/mol. The summed E-state index contributed by atoms with van der Waals surface area (Å²) in [5.74, 6) is 0.871. The number of nitrogens with zero attached hydrogens (tertiary/aromatic N) is 4. The number of hydrogen-bond donors (Lipinski definition) is 1. The molecule has 0 aliphatic heterocycles. The van der Waals surface area contributed by atoms with Crippen LogP contribution >= 0.6 is 23.1 Å². The van der Waals surface area contributed by atoms with Crippen LogP contribution < -0.4 is 10.1 Å². The summed E-state index contributed by atoms with van der Waals surface area (Å²) in [5, 5.41) is 14.3. The van der Waals surface area contributed by atoms with Gasteiger partial charge in [-0.2, -0.15) is 0 Å². The SMILES string of the molecule is COC(=O)c1c(-c2ccc(OC)cc2)csc1NC(=O)CSc1nnc(Cc2cccn2C)n1C. The number of rotatable bonds is 9. The standard InChI is InChI=1S/C24H25N5O4S2/c1-28-11-5-6-16(28)12-19-26-27-24(29(19)2)35-14-20(30)25-22-21(23(31)33-4)18(13-34-22)15-7-9-17(32-3)10-8-15/h5-11,13H,12,14H2,1-4H3,(H,25,30). The summed E-state index contributed by atoms with van der Waals surface area (Å²) in [6, 6.07) is 11.4. The maximum absolute atomic E-state index is 12.7. The van der Waals surface area contributed by atoms with E-state index in [9.17, 15) is 9.59 Å². The van der Waals surface area contributed by atoms with Crippen LogP contribution in [0.1, 0.15) is 21.9 Å². The lowest BCUT2D eigenvalue weighted by Gasteiger charge is -2.08. The van der Waals surface area contributed by atoms with Crippen LogP contribution in [0.15, 0.2) is 53.1 Å². The molecule has 35 heavy (non-hydrogen) atoms. The van der Waals surface area contributed by atoms with Crippen LogP contribution in [0, 0.1) is 0 Å². The van der Waals surface area contributed by atoms with Gasteiger partial charge in [-0.15, -0.1) is 21.5 Å². The van der Waals surface area contributed by atoms with Crippen molar-refractivity contribution in [2.45, 2.75) is 11.6 Å². The number of nitrogens with one attached hydrogen (secondary N) is 1. The first-order valence-corrected chi connectivity index (χ1v) is 12.5. The van der Waals surface area contributed by atoms with Gasteiger partial charge >= 0.3 is 5.97 Å². The topological polar surface area (TPSA) is 100 Å². The number of aromatic nitrogens is 4. The highest BCUT2D eigenvalue weighted by Gasteiger charge is 2.23.